The van der Waals surface area contributed by atoms with E-state index in [1.165, 1.54) is 5.56 Å². The van der Waals surface area contributed by atoms with Crippen molar-refractivity contribution in [2.45, 2.75) is 25.6 Å². The predicted octanol–water partition coefficient (Wildman–Crippen LogP) is 3.58. The highest BCUT2D eigenvalue weighted by Crippen LogP contribution is 2.26. The van der Waals surface area contributed by atoms with Crippen molar-refractivity contribution in [3.63, 3.8) is 0 Å². The summed E-state index contributed by atoms with van der Waals surface area (Å²) in [4.78, 5) is 11.9. The lowest BCUT2D eigenvalue weighted by Gasteiger charge is -2.18. The lowest BCUT2D eigenvalue weighted by Crippen LogP contribution is -2.26. The Labute approximate surface area is 175 Å². The quantitative estimate of drug-likeness (QED) is 0.519. The minimum atomic E-state index is -0.0142. The number of benzene rings is 2. The number of nitrogens with one attached hydrogen (secondary N) is 1. The van der Waals surface area contributed by atoms with Crippen molar-refractivity contribution >= 4 is 11.5 Å². The molecule has 1 aliphatic heterocycles. The highest BCUT2D eigenvalue weighted by atomic mass is 16.3. The fourth-order valence-corrected chi connectivity index (χ4v) is 4.20. The summed E-state index contributed by atoms with van der Waals surface area (Å²) in [6, 6.07) is 18.8. The van der Waals surface area contributed by atoms with Crippen molar-refractivity contribution in [3.05, 3.63) is 84.3 Å². The maximum atomic E-state index is 9.73. The Bertz CT molecular complexity index is 1140. The first kappa shape index (κ1) is 18.8. The summed E-state index contributed by atoms with van der Waals surface area (Å²) in [7, 11) is 0. The summed E-state index contributed by atoms with van der Waals surface area (Å²) < 4.78 is 2.00. The van der Waals surface area contributed by atoms with Gasteiger partial charge in [-0.05, 0) is 17.5 Å². The maximum absolute atomic E-state index is 9.73. The van der Waals surface area contributed by atoms with Crippen LogP contribution < -0.4 is 5.32 Å². The summed E-state index contributed by atoms with van der Waals surface area (Å²) in [5.74, 6) is 0.789. The van der Waals surface area contributed by atoms with E-state index in [0.29, 0.717) is 6.04 Å². The van der Waals surface area contributed by atoms with Gasteiger partial charge in [-0.2, -0.15) is 0 Å². The van der Waals surface area contributed by atoms with Crippen molar-refractivity contribution in [2.75, 3.05) is 18.4 Å². The van der Waals surface area contributed by atoms with Gasteiger partial charge in [-0.25, -0.2) is 9.97 Å². The molecule has 0 bridgehead atoms. The minimum absolute atomic E-state index is 0.0142. The summed E-state index contributed by atoms with van der Waals surface area (Å²) in [6.45, 7) is 2.99. The molecule has 6 heteroatoms. The highest BCUT2D eigenvalue weighted by Gasteiger charge is 2.24. The van der Waals surface area contributed by atoms with Crippen LogP contribution in [-0.4, -0.2) is 43.5 Å². The number of anilines is 1. The third kappa shape index (κ3) is 3.79. The molecular weight excluding hydrogens is 374 g/mol. The Balaban J connectivity index is 1.39. The van der Waals surface area contributed by atoms with Crippen molar-refractivity contribution in [1.29, 1.82) is 0 Å². The molecule has 0 saturated carbocycles. The first-order chi connectivity index (χ1) is 14.8. The van der Waals surface area contributed by atoms with Crippen LogP contribution in [0, 0.1) is 0 Å². The molecule has 2 aromatic carbocycles. The molecule has 6 nitrogen and oxygen atoms in total. The highest BCUT2D eigenvalue weighted by molar-refractivity contribution is 5.71. The van der Waals surface area contributed by atoms with Crippen molar-refractivity contribution in [3.8, 4) is 11.3 Å². The van der Waals surface area contributed by atoms with Crippen LogP contribution in [0.15, 0.2) is 73.2 Å². The van der Waals surface area contributed by atoms with Crippen LogP contribution in [0.5, 0.6) is 0 Å². The average Bonchev–Trinajstić information content (AvgIpc) is 3.44. The molecule has 5 rings (SSSR count). The maximum Gasteiger partial charge on any atom is 0.180 e. The minimum Gasteiger partial charge on any atom is -0.392 e. The van der Waals surface area contributed by atoms with Gasteiger partial charge in [0, 0.05) is 49.8 Å². The second-order valence-corrected chi connectivity index (χ2v) is 7.80. The summed E-state index contributed by atoms with van der Waals surface area (Å²) in [5, 5.41) is 13.4. The fraction of sp³-hybridized carbons (Fsp3) is 0.250. The van der Waals surface area contributed by atoms with Gasteiger partial charge in [-0.15, -0.1) is 0 Å². The first-order valence-electron chi connectivity index (χ1n) is 10.4. The predicted molar refractivity (Wildman–Crippen MR) is 118 cm³/mol. The molecule has 3 heterocycles. The molecule has 1 atom stereocenters. The van der Waals surface area contributed by atoms with Crippen molar-refractivity contribution in [1.82, 2.24) is 19.3 Å². The molecule has 4 aromatic rings. The number of nitrogens with zero attached hydrogens (tertiary/aromatic N) is 4. The van der Waals surface area contributed by atoms with Gasteiger partial charge in [0.25, 0.3) is 0 Å². The molecule has 1 aliphatic rings. The van der Waals surface area contributed by atoms with Crippen molar-refractivity contribution in [2.24, 2.45) is 0 Å². The molecule has 0 radical (unpaired) electrons. The zero-order chi connectivity index (χ0) is 20.3. The van der Waals surface area contributed by atoms with E-state index in [1.807, 2.05) is 41.1 Å². The first-order valence-corrected chi connectivity index (χ1v) is 10.4. The number of hydrogen-bond donors (Lipinski definition) is 2. The van der Waals surface area contributed by atoms with E-state index in [1.54, 1.807) is 6.20 Å². The Kier molecular flexibility index (Phi) is 5.17. The molecule has 1 fully saturated rings. The van der Waals surface area contributed by atoms with Crippen LogP contribution in [0.2, 0.25) is 0 Å². The van der Waals surface area contributed by atoms with Gasteiger partial charge in [-0.1, -0.05) is 54.6 Å². The van der Waals surface area contributed by atoms with Gasteiger partial charge >= 0.3 is 0 Å². The topological polar surface area (TPSA) is 65.7 Å². The van der Waals surface area contributed by atoms with Gasteiger partial charge in [0.05, 0.1) is 12.3 Å². The second-order valence-electron chi connectivity index (χ2n) is 7.80. The van der Waals surface area contributed by atoms with Crippen LogP contribution in [0.25, 0.3) is 16.9 Å². The molecule has 0 unspecified atom stereocenters. The summed E-state index contributed by atoms with van der Waals surface area (Å²) in [5.41, 5.74) is 4.80. The van der Waals surface area contributed by atoms with E-state index >= 15 is 0 Å². The number of fused-ring (bicyclic) bond motifs is 1. The number of likely N-dealkylation sites (tertiary alicyclic amines) is 1. The summed E-state index contributed by atoms with van der Waals surface area (Å²) in [6.07, 6.45) is 6.76. The van der Waals surface area contributed by atoms with E-state index in [9.17, 15) is 5.11 Å². The Hall–Kier alpha value is -3.22. The Morgan fingerprint density at radius 2 is 1.90 bits per heavy atom. The van der Waals surface area contributed by atoms with Crippen LogP contribution in [0.1, 0.15) is 17.5 Å². The van der Waals surface area contributed by atoms with Crippen LogP contribution in [-0.2, 0) is 13.2 Å². The Morgan fingerprint density at radius 3 is 2.77 bits per heavy atom. The van der Waals surface area contributed by atoms with Crippen LogP contribution in [0.3, 0.4) is 0 Å². The molecule has 2 N–H and O–H groups in total. The molecule has 2 aromatic heterocycles. The number of aliphatic hydroxyl groups excluding tert-OH is 1. The fourth-order valence-electron chi connectivity index (χ4n) is 4.20. The number of rotatable bonds is 6. The molecule has 0 spiro atoms. The average molecular weight is 399 g/mol. The SMILES string of the molecule is OCc1ccccc1-c1cn2ccnc2c(N[C@@H]2CCN(Cc3ccccc3)C2)n1. The molecule has 152 valence electrons. The molecule has 1 saturated heterocycles. The van der Waals surface area contributed by atoms with E-state index in [4.69, 9.17) is 4.98 Å². The number of aliphatic hydroxyl groups is 1. The smallest absolute Gasteiger partial charge is 0.180 e. The zero-order valence-electron chi connectivity index (χ0n) is 16.8. The van der Waals surface area contributed by atoms with Crippen molar-refractivity contribution < 1.29 is 5.11 Å². The van der Waals surface area contributed by atoms with Gasteiger partial charge in [0.2, 0.25) is 0 Å². The number of aromatic nitrogens is 3. The van der Waals surface area contributed by atoms with E-state index in [0.717, 1.165) is 54.3 Å². The molecule has 0 amide bonds. The normalized spacial score (nSPS) is 16.9. The molecule has 0 aliphatic carbocycles. The van der Waals surface area contributed by atoms with Crippen LogP contribution in [0.4, 0.5) is 5.82 Å². The van der Waals surface area contributed by atoms with E-state index in [2.05, 4.69) is 45.5 Å². The number of hydrogen-bond acceptors (Lipinski definition) is 5. The summed E-state index contributed by atoms with van der Waals surface area (Å²) >= 11 is 0. The molecule has 30 heavy (non-hydrogen) atoms. The number of imidazole rings is 1. The second kappa shape index (κ2) is 8.26. The zero-order valence-corrected chi connectivity index (χ0v) is 16.8. The van der Waals surface area contributed by atoms with Gasteiger partial charge in [-0.3, -0.25) is 4.90 Å². The van der Waals surface area contributed by atoms with Gasteiger partial charge in [0.1, 0.15) is 0 Å². The standard InChI is InChI=1S/C24H25N5O/c30-17-19-8-4-5-9-21(19)22-16-29-13-11-25-24(29)23(27-22)26-20-10-12-28(15-20)14-18-6-2-1-3-7-18/h1-9,11,13,16,20,30H,10,12,14-15,17H2,(H,26,27)/t20-/m1/s1. The van der Waals surface area contributed by atoms with Crippen LogP contribution >= 0.6 is 0 Å². The Morgan fingerprint density at radius 1 is 1.07 bits per heavy atom. The van der Waals surface area contributed by atoms with Gasteiger partial charge < -0.3 is 14.8 Å². The third-order valence-electron chi connectivity index (χ3n) is 5.70. The lowest BCUT2D eigenvalue weighted by atomic mass is 10.1. The lowest BCUT2D eigenvalue weighted by molar-refractivity contribution is 0.282. The molecular formula is C24H25N5O. The van der Waals surface area contributed by atoms with E-state index < -0.39 is 0 Å². The van der Waals surface area contributed by atoms with E-state index in [-0.39, 0.29) is 6.61 Å². The largest absolute Gasteiger partial charge is 0.392 e. The van der Waals surface area contributed by atoms with Gasteiger partial charge in [0.15, 0.2) is 11.5 Å². The monoisotopic (exact) mass is 399 g/mol. The third-order valence-corrected chi connectivity index (χ3v) is 5.70.